The van der Waals surface area contributed by atoms with E-state index in [4.69, 9.17) is 4.74 Å². The van der Waals surface area contributed by atoms with Gasteiger partial charge < -0.3 is 15.0 Å². The van der Waals surface area contributed by atoms with E-state index in [1.54, 1.807) is 6.26 Å². The molecule has 0 bridgehead atoms. The summed E-state index contributed by atoms with van der Waals surface area (Å²) in [6, 6.07) is 0. The van der Waals surface area contributed by atoms with Gasteiger partial charge in [-0.05, 0) is 24.5 Å². The fourth-order valence-corrected chi connectivity index (χ4v) is 2.47. The molecule has 2 aliphatic heterocycles. The molecule has 0 amide bonds. The number of hydrogen-bond donors (Lipinski definition) is 1. The van der Waals surface area contributed by atoms with Crippen LogP contribution in [-0.2, 0) is 4.74 Å². The summed E-state index contributed by atoms with van der Waals surface area (Å²) in [5.74, 6) is 1.12. The number of piperazine rings is 1. The molecule has 3 heteroatoms. The molecule has 0 aromatic heterocycles. The Balaban J connectivity index is 1.86. The number of nitrogens with one attached hydrogen (secondary N) is 1. The summed E-state index contributed by atoms with van der Waals surface area (Å²) in [6.07, 6.45) is 8.22. The van der Waals surface area contributed by atoms with Gasteiger partial charge >= 0.3 is 0 Å². The molecule has 0 saturated carbocycles. The monoisotopic (exact) mass is 204 g/mol. The van der Waals surface area contributed by atoms with E-state index in [9.17, 15) is 0 Å². The third-order valence-corrected chi connectivity index (χ3v) is 3.25. The van der Waals surface area contributed by atoms with Gasteiger partial charge in [-0.3, -0.25) is 0 Å². The second-order valence-electron chi connectivity index (χ2n) is 4.15. The van der Waals surface area contributed by atoms with Gasteiger partial charge in [-0.2, -0.15) is 0 Å². The molecule has 3 nitrogen and oxygen atoms in total. The molecule has 3 rings (SSSR count). The predicted octanol–water partition coefficient (Wildman–Crippen LogP) is 1.37. The molecule has 2 heterocycles. The van der Waals surface area contributed by atoms with Crippen molar-refractivity contribution in [2.75, 3.05) is 26.2 Å². The van der Waals surface area contributed by atoms with Crippen molar-refractivity contribution < 1.29 is 4.74 Å². The quantitative estimate of drug-likeness (QED) is 0.698. The molecule has 3 aliphatic rings. The Bertz CT molecular complexity index is 349. The van der Waals surface area contributed by atoms with E-state index in [-0.39, 0.29) is 0 Å². The lowest BCUT2D eigenvalue weighted by Crippen LogP contribution is -2.42. The van der Waals surface area contributed by atoms with Crippen molar-refractivity contribution in [3.05, 3.63) is 35.4 Å². The van der Waals surface area contributed by atoms with Crippen molar-refractivity contribution in [3.63, 3.8) is 0 Å². The molecular formula is C12H16N2O. The highest BCUT2D eigenvalue weighted by Crippen LogP contribution is 2.36. The SMILES string of the molecule is C1=COC2=C(N3CCNCC3)CCC2=C1. The van der Waals surface area contributed by atoms with E-state index in [1.165, 1.54) is 11.3 Å². The van der Waals surface area contributed by atoms with Gasteiger partial charge in [-0.25, -0.2) is 0 Å². The lowest BCUT2D eigenvalue weighted by molar-refractivity contribution is 0.268. The normalized spacial score (nSPS) is 25.1. The van der Waals surface area contributed by atoms with Gasteiger partial charge in [-0.1, -0.05) is 6.08 Å². The van der Waals surface area contributed by atoms with Crippen LogP contribution in [0.4, 0.5) is 0 Å². The first kappa shape index (κ1) is 9.04. The van der Waals surface area contributed by atoms with E-state index >= 15 is 0 Å². The van der Waals surface area contributed by atoms with Crippen LogP contribution in [-0.4, -0.2) is 31.1 Å². The average Bonchev–Trinajstić information content (AvgIpc) is 2.74. The van der Waals surface area contributed by atoms with Gasteiger partial charge in [-0.15, -0.1) is 0 Å². The van der Waals surface area contributed by atoms with Crippen molar-refractivity contribution in [1.82, 2.24) is 10.2 Å². The largest absolute Gasteiger partial charge is 0.463 e. The van der Waals surface area contributed by atoms with Crippen molar-refractivity contribution >= 4 is 0 Å². The second kappa shape index (κ2) is 3.74. The van der Waals surface area contributed by atoms with Crippen LogP contribution >= 0.6 is 0 Å². The van der Waals surface area contributed by atoms with Crippen LogP contribution in [0.3, 0.4) is 0 Å². The van der Waals surface area contributed by atoms with Crippen LogP contribution in [0.25, 0.3) is 0 Å². The summed E-state index contributed by atoms with van der Waals surface area (Å²) in [5.41, 5.74) is 2.78. The van der Waals surface area contributed by atoms with E-state index in [0.717, 1.165) is 44.8 Å². The van der Waals surface area contributed by atoms with E-state index in [2.05, 4.69) is 16.3 Å². The van der Waals surface area contributed by atoms with Gasteiger partial charge in [0, 0.05) is 26.2 Å². The molecule has 1 fully saturated rings. The molecule has 0 unspecified atom stereocenters. The Kier molecular flexibility index (Phi) is 2.25. The first-order chi connectivity index (χ1) is 7.45. The predicted molar refractivity (Wildman–Crippen MR) is 59.0 cm³/mol. The molecule has 1 N–H and O–H groups in total. The highest BCUT2D eigenvalue weighted by molar-refractivity contribution is 5.41. The number of hydrogen-bond acceptors (Lipinski definition) is 3. The van der Waals surface area contributed by atoms with Crippen molar-refractivity contribution in [1.29, 1.82) is 0 Å². The maximum absolute atomic E-state index is 5.64. The van der Waals surface area contributed by atoms with Crippen LogP contribution in [0.1, 0.15) is 12.8 Å². The van der Waals surface area contributed by atoms with Gasteiger partial charge in [0.05, 0.1) is 12.0 Å². The van der Waals surface area contributed by atoms with Crippen LogP contribution in [0.5, 0.6) is 0 Å². The second-order valence-corrected chi connectivity index (χ2v) is 4.15. The van der Waals surface area contributed by atoms with E-state index in [1.807, 2.05) is 6.08 Å². The minimum Gasteiger partial charge on any atom is -0.463 e. The Morgan fingerprint density at radius 2 is 2.07 bits per heavy atom. The summed E-state index contributed by atoms with van der Waals surface area (Å²) in [4.78, 5) is 2.46. The summed E-state index contributed by atoms with van der Waals surface area (Å²) in [7, 11) is 0. The Morgan fingerprint density at radius 1 is 1.20 bits per heavy atom. The summed E-state index contributed by atoms with van der Waals surface area (Å²) in [6.45, 7) is 4.40. The Labute approximate surface area is 90.1 Å². The molecule has 0 aromatic carbocycles. The lowest BCUT2D eigenvalue weighted by Gasteiger charge is -2.31. The summed E-state index contributed by atoms with van der Waals surface area (Å²) in [5, 5.41) is 3.38. The number of fused-ring (bicyclic) bond motifs is 1. The molecule has 0 spiro atoms. The zero-order valence-electron chi connectivity index (χ0n) is 8.83. The summed E-state index contributed by atoms with van der Waals surface area (Å²) >= 11 is 0. The van der Waals surface area contributed by atoms with Crippen molar-refractivity contribution in [3.8, 4) is 0 Å². The van der Waals surface area contributed by atoms with Crippen LogP contribution in [0, 0.1) is 0 Å². The smallest absolute Gasteiger partial charge is 0.148 e. The molecule has 80 valence electrons. The topological polar surface area (TPSA) is 24.5 Å². The van der Waals surface area contributed by atoms with Crippen molar-refractivity contribution in [2.24, 2.45) is 0 Å². The van der Waals surface area contributed by atoms with E-state index < -0.39 is 0 Å². The van der Waals surface area contributed by atoms with Crippen LogP contribution in [0.15, 0.2) is 35.4 Å². The third kappa shape index (κ3) is 1.57. The Morgan fingerprint density at radius 3 is 2.93 bits per heavy atom. The molecule has 15 heavy (non-hydrogen) atoms. The molecule has 1 aliphatic carbocycles. The molecule has 1 saturated heterocycles. The third-order valence-electron chi connectivity index (χ3n) is 3.25. The number of ether oxygens (including phenoxy) is 1. The van der Waals surface area contributed by atoms with Crippen LogP contribution in [0.2, 0.25) is 0 Å². The zero-order chi connectivity index (χ0) is 10.1. The van der Waals surface area contributed by atoms with Gasteiger partial charge in [0.25, 0.3) is 0 Å². The molecule has 0 aromatic rings. The van der Waals surface area contributed by atoms with Gasteiger partial charge in [0.2, 0.25) is 0 Å². The highest BCUT2D eigenvalue weighted by atomic mass is 16.5. The fourth-order valence-electron chi connectivity index (χ4n) is 2.47. The minimum absolute atomic E-state index is 1.09. The highest BCUT2D eigenvalue weighted by Gasteiger charge is 2.26. The lowest BCUT2D eigenvalue weighted by atomic mass is 10.2. The molecule has 0 radical (unpaired) electrons. The number of allylic oxidation sites excluding steroid dienone is 4. The van der Waals surface area contributed by atoms with Crippen LogP contribution < -0.4 is 5.32 Å². The van der Waals surface area contributed by atoms with Crippen molar-refractivity contribution in [2.45, 2.75) is 12.8 Å². The Hall–Kier alpha value is -1.22. The van der Waals surface area contributed by atoms with E-state index in [0.29, 0.717) is 0 Å². The first-order valence-electron chi connectivity index (χ1n) is 5.67. The van der Waals surface area contributed by atoms with Gasteiger partial charge in [0.15, 0.2) is 0 Å². The fraction of sp³-hybridized carbons (Fsp3) is 0.500. The summed E-state index contributed by atoms with van der Waals surface area (Å²) < 4.78 is 5.64. The number of rotatable bonds is 1. The molecular weight excluding hydrogens is 188 g/mol. The standard InChI is InChI=1S/C12H16N2O/c1-2-10-3-4-11(12(10)15-9-1)14-7-5-13-6-8-14/h1-2,9,13H,3-8H2. The molecule has 0 atom stereocenters. The maximum Gasteiger partial charge on any atom is 0.148 e. The number of nitrogens with zero attached hydrogens (tertiary/aromatic N) is 1. The van der Waals surface area contributed by atoms with Gasteiger partial charge in [0.1, 0.15) is 5.76 Å². The maximum atomic E-state index is 5.64. The average molecular weight is 204 g/mol. The minimum atomic E-state index is 1.09. The zero-order valence-corrected chi connectivity index (χ0v) is 8.83. The first-order valence-corrected chi connectivity index (χ1v) is 5.67.